The standard InChI is InChI=1S/C18H19N3O3S/c22-17(9-6-13-4-2-1-3-5-13)20-21-18(25)19-14-7-8-15-16(12-14)24-11-10-23-15/h1-5,7-8,12H,6,9-11H2,(H,20,22)(H2,19,21,25). The van der Waals surface area contributed by atoms with Gasteiger partial charge in [-0.2, -0.15) is 0 Å². The molecule has 3 N–H and O–H groups in total. The number of nitrogens with one attached hydrogen (secondary N) is 3. The van der Waals surface area contributed by atoms with Gasteiger partial charge in [0.15, 0.2) is 16.6 Å². The van der Waals surface area contributed by atoms with Gasteiger partial charge in [0.25, 0.3) is 0 Å². The Hall–Kier alpha value is -2.80. The Bertz CT molecular complexity index is 752. The number of carbonyl (C=O) groups is 1. The van der Waals surface area contributed by atoms with E-state index in [2.05, 4.69) is 16.2 Å². The summed E-state index contributed by atoms with van der Waals surface area (Å²) in [7, 11) is 0. The third-order valence-electron chi connectivity index (χ3n) is 3.60. The third kappa shape index (κ3) is 5.09. The van der Waals surface area contributed by atoms with Crippen LogP contribution in [0.25, 0.3) is 0 Å². The van der Waals surface area contributed by atoms with Crippen LogP contribution in [0.15, 0.2) is 48.5 Å². The number of hydrogen-bond donors (Lipinski definition) is 3. The van der Waals surface area contributed by atoms with Crippen molar-refractivity contribution in [2.24, 2.45) is 0 Å². The van der Waals surface area contributed by atoms with Gasteiger partial charge in [-0.1, -0.05) is 30.3 Å². The molecule has 0 spiro atoms. The van der Waals surface area contributed by atoms with E-state index in [9.17, 15) is 4.79 Å². The van der Waals surface area contributed by atoms with E-state index < -0.39 is 0 Å². The number of aryl methyl sites for hydroxylation is 1. The molecule has 130 valence electrons. The van der Waals surface area contributed by atoms with Gasteiger partial charge in [-0.25, -0.2) is 0 Å². The number of carbonyl (C=O) groups excluding carboxylic acids is 1. The average Bonchev–Trinajstić information content (AvgIpc) is 2.65. The van der Waals surface area contributed by atoms with Crippen LogP contribution < -0.4 is 25.6 Å². The third-order valence-corrected chi connectivity index (χ3v) is 3.80. The van der Waals surface area contributed by atoms with E-state index in [0.29, 0.717) is 42.7 Å². The lowest BCUT2D eigenvalue weighted by atomic mass is 10.1. The van der Waals surface area contributed by atoms with E-state index in [0.717, 1.165) is 11.3 Å². The van der Waals surface area contributed by atoms with E-state index in [1.807, 2.05) is 42.5 Å². The molecule has 2 aromatic carbocycles. The number of hydrazine groups is 1. The Morgan fingerprint density at radius 3 is 2.56 bits per heavy atom. The van der Waals surface area contributed by atoms with Crippen LogP contribution in [-0.4, -0.2) is 24.2 Å². The lowest BCUT2D eigenvalue weighted by molar-refractivity contribution is -0.121. The molecule has 3 rings (SSSR count). The number of anilines is 1. The lowest BCUT2D eigenvalue weighted by Gasteiger charge is -2.19. The predicted octanol–water partition coefficient (Wildman–Crippen LogP) is 2.41. The summed E-state index contributed by atoms with van der Waals surface area (Å²) in [5.74, 6) is 1.26. The summed E-state index contributed by atoms with van der Waals surface area (Å²) in [5, 5.41) is 3.29. The highest BCUT2D eigenvalue weighted by Crippen LogP contribution is 2.32. The number of ether oxygens (including phenoxy) is 2. The smallest absolute Gasteiger partial charge is 0.238 e. The molecular formula is C18H19N3O3S. The Labute approximate surface area is 151 Å². The largest absolute Gasteiger partial charge is 0.486 e. The highest BCUT2D eigenvalue weighted by molar-refractivity contribution is 7.80. The second-order valence-corrected chi connectivity index (χ2v) is 5.88. The molecule has 0 aliphatic carbocycles. The van der Waals surface area contributed by atoms with Crippen molar-refractivity contribution in [1.82, 2.24) is 10.9 Å². The van der Waals surface area contributed by atoms with Gasteiger partial charge in [0.2, 0.25) is 5.91 Å². The van der Waals surface area contributed by atoms with Crippen molar-refractivity contribution in [2.45, 2.75) is 12.8 Å². The summed E-state index contributed by atoms with van der Waals surface area (Å²) in [5.41, 5.74) is 7.15. The monoisotopic (exact) mass is 357 g/mol. The zero-order chi connectivity index (χ0) is 17.5. The maximum atomic E-state index is 11.9. The van der Waals surface area contributed by atoms with Gasteiger partial charge >= 0.3 is 0 Å². The normalized spacial score (nSPS) is 12.2. The van der Waals surface area contributed by atoms with E-state index >= 15 is 0 Å². The summed E-state index contributed by atoms with van der Waals surface area (Å²) in [6.45, 7) is 1.07. The second-order valence-electron chi connectivity index (χ2n) is 5.47. The van der Waals surface area contributed by atoms with Gasteiger partial charge in [0.05, 0.1) is 0 Å². The van der Waals surface area contributed by atoms with Crippen LogP contribution in [0.1, 0.15) is 12.0 Å². The van der Waals surface area contributed by atoms with Crippen molar-refractivity contribution >= 4 is 28.9 Å². The molecule has 2 aromatic rings. The van der Waals surface area contributed by atoms with Crippen molar-refractivity contribution in [2.75, 3.05) is 18.5 Å². The highest BCUT2D eigenvalue weighted by atomic mass is 32.1. The number of thiocarbonyl (C=S) groups is 1. The van der Waals surface area contributed by atoms with Gasteiger partial charge in [0.1, 0.15) is 13.2 Å². The van der Waals surface area contributed by atoms with Crippen LogP contribution >= 0.6 is 12.2 Å². The zero-order valence-corrected chi connectivity index (χ0v) is 14.4. The molecular weight excluding hydrogens is 338 g/mol. The highest BCUT2D eigenvalue weighted by Gasteiger charge is 2.12. The molecule has 1 heterocycles. The Balaban J connectivity index is 1.42. The molecule has 1 aliphatic rings. The summed E-state index contributed by atoms with van der Waals surface area (Å²) < 4.78 is 11.0. The molecule has 0 unspecified atom stereocenters. The van der Waals surface area contributed by atoms with Crippen LogP contribution in [0, 0.1) is 0 Å². The molecule has 0 saturated carbocycles. The van der Waals surface area contributed by atoms with Crippen molar-refractivity contribution in [3.05, 3.63) is 54.1 Å². The number of benzene rings is 2. The Morgan fingerprint density at radius 1 is 1.00 bits per heavy atom. The maximum absolute atomic E-state index is 11.9. The fourth-order valence-electron chi connectivity index (χ4n) is 2.37. The van der Waals surface area contributed by atoms with Gasteiger partial charge in [-0.05, 0) is 36.3 Å². The Morgan fingerprint density at radius 2 is 1.76 bits per heavy atom. The SMILES string of the molecule is O=C(CCc1ccccc1)NNC(=S)Nc1ccc2c(c1)OCCO2. The molecule has 25 heavy (non-hydrogen) atoms. The van der Waals surface area contributed by atoms with Crippen LogP contribution in [-0.2, 0) is 11.2 Å². The second kappa shape index (κ2) is 8.34. The minimum absolute atomic E-state index is 0.129. The minimum atomic E-state index is -0.129. The average molecular weight is 357 g/mol. The first-order valence-corrected chi connectivity index (χ1v) is 8.41. The number of rotatable bonds is 4. The molecule has 0 saturated heterocycles. The van der Waals surface area contributed by atoms with Crippen molar-refractivity contribution in [3.8, 4) is 11.5 Å². The topological polar surface area (TPSA) is 71.6 Å². The van der Waals surface area contributed by atoms with E-state index in [-0.39, 0.29) is 5.91 Å². The van der Waals surface area contributed by atoms with Crippen molar-refractivity contribution in [3.63, 3.8) is 0 Å². The van der Waals surface area contributed by atoms with Crippen LogP contribution in [0.4, 0.5) is 5.69 Å². The number of amides is 1. The van der Waals surface area contributed by atoms with Crippen LogP contribution in [0.3, 0.4) is 0 Å². The fourth-order valence-corrected chi connectivity index (χ4v) is 2.54. The molecule has 0 radical (unpaired) electrons. The van der Waals surface area contributed by atoms with Gasteiger partial charge in [0, 0.05) is 18.2 Å². The van der Waals surface area contributed by atoms with Crippen LogP contribution in [0.5, 0.6) is 11.5 Å². The Kier molecular flexibility index (Phi) is 5.69. The fraction of sp³-hybridized carbons (Fsp3) is 0.222. The molecule has 1 aliphatic heterocycles. The molecule has 0 atom stereocenters. The van der Waals surface area contributed by atoms with Gasteiger partial charge < -0.3 is 14.8 Å². The van der Waals surface area contributed by atoms with E-state index in [1.165, 1.54) is 0 Å². The zero-order valence-electron chi connectivity index (χ0n) is 13.6. The number of fused-ring (bicyclic) bond motifs is 1. The molecule has 0 bridgehead atoms. The minimum Gasteiger partial charge on any atom is -0.486 e. The maximum Gasteiger partial charge on any atom is 0.238 e. The number of hydrogen-bond acceptors (Lipinski definition) is 4. The first-order valence-electron chi connectivity index (χ1n) is 8.00. The van der Waals surface area contributed by atoms with E-state index in [4.69, 9.17) is 21.7 Å². The predicted molar refractivity (Wildman–Crippen MR) is 99.7 cm³/mol. The van der Waals surface area contributed by atoms with Gasteiger partial charge in [-0.15, -0.1) is 0 Å². The molecule has 1 amide bonds. The van der Waals surface area contributed by atoms with Crippen LogP contribution in [0.2, 0.25) is 0 Å². The quantitative estimate of drug-likeness (QED) is 0.577. The van der Waals surface area contributed by atoms with Crippen molar-refractivity contribution < 1.29 is 14.3 Å². The lowest BCUT2D eigenvalue weighted by Crippen LogP contribution is -2.43. The summed E-state index contributed by atoms with van der Waals surface area (Å²) in [4.78, 5) is 11.9. The first-order chi connectivity index (χ1) is 12.2. The summed E-state index contributed by atoms with van der Waals surface area (Å²) >= 11 is 5.18. The van der Waals surface area contributed by atoms with E-state index in [1.54, 1.807) is 6.07 Å². The van der Waals surface area contributed by atoms with Gasteiger partial charge in [-0.3, -0.25) is 15.6 Å². The summed E-state index contributed by atoms with van der Waals surface area (Å²) in [6.07, 6.45) is 1.06. The van der Waals surface area contributed by atoms with Crippen molar-refractivity contribution in [1.29, 1.82) is 0 Å². The molecule has 7 heteroatoms. The first kappa shape index (κ1) is 17.0. The molecule has 0 aromatic heterocycles. The molecule has 6 nitrogen and oxygen atoms in total. The summed E-state index contributed by atoms with van der Waals surface area (Å²) in [6, 6.07) is 15.3. The molecule has 0 fully saturated rings.